The second-order valence-electron chi connectivity index (χ2n) is 4.69. The molecule has 6 heteroatoms. The maximum absolute atomic E-state index is 12.1. The van der Waals surface area contributed by atoms with Gasteiger partial charge < -0.3 is 4.74 Å². The highest BCUT2D eigenvalue weighted by Crippen LogP contribution is 2.18. The van der Waals surface area contributed by atoms with Crippen molar-refractivity contribution in [3.63, 3.8) is 0 Å². The molecule has 1 N–H and O–H groups in total. The molecule has 2 aromatic rings. The molecule has 22 heavy (non-hydrogen) atoms. The van der Waals surface area contributed by atoms with Gasteiger partial charge in [0.05, 0.1) is 4.90 Å². The van der Waals surface area contributed by atoms with Gasteiger partial charge in [0.1, 0.15) is 12.4 Å². The minimum Gasteiger partial charge on any atom is -0.492 e. The van der Waals surface area contributed by atoms with Gasteiger partial charge in [-0.1, -0.05) is 18.2 Å². The highest BCUT2D eigenvalue weighted by atomic mass is 32.2. The van der Waals surface area contributed by atoms with Crippen molar-refractivity contribution in [1.82, 2.24) is 4.72 Å². The first-order valence-electron chi connectivity index (χ1n) is 6.85. The third-order valence-corrected chi connectivity index (χ3v) is 5.34. The molecule has 2 rings (SSSR count). The van der Waals surface area contributed by atoms with Gasteiger partial charge in [-0.05, 0) is 49.1 Å². The Hall–Kier alpha value is -1.50. The molecule has 0 saturated carbocycles. The van der Waals surface area contributed by atoms with Crippen LogP contribution < -0.4 is 9.46 Å². The minimum absolute atomic E-state index is 0.223. The zero-order chi connectivity index (χ0) is 16.0. The number of hydrogen-bond donors (Lipinski definition) is 1. The Morgan fingerprint density at radius 2 is 1.77 bits per heavy atom. The van der Waals surface area contributed by atoms with E-state index in [1.54, 1.807) is 36.0 Å². The molecule has 2 aromatic carbocycles. The minimum atomic E-state index is -3.49. The lowest BCUT2D eigenvalue weighted by atomic mass is 10.2. The summed E-state index contributed by atoms with van der Waals surface area (Å²) in [7, 11) is -3.49. The zero-order valence-electron chi connectivity index (χ0n) is 12.6. The van der Waals surface area contributed by atoms with E-state index in [2.05, 4.69) is 4.72 Å². The monoisotopic (exact) mass is 337 g/mol. The molecule has 0 aliphatic carbocycles. The molecule has 0 aliphatic rings. The maximum atomic E-state index is 12.1. The zero-order valence-corrected chi connectivity index (χ0v) is 14.2. The first kappa shape index (κ1) is 16.9. The largest absolute Gasteiger partial charge is 0.492 e. The molecule has 0 aliphatic heterocycles. The van der Waals surface area contributed by atoms with Gasteiger partial charge >= 0.3 is 0 Å². The summed E-state index contributed by atoms with van der Waals surface area (Å²) >= 11 is 1.57. The van der Waals surface area contributed by atoms with Gasteiger partial charge in [0.15, 0.2) is 0 Å². The van der Waals surface area contributed by atoms with E-state index in [0.29, 0.717) is 0 Å². The van der Waals surface area contributed by atoms with Crippen molar-refractivity contribution < 1.29 is 13.2 Å². The molecule has 0 spiro atoms. The van der Waals surface area contributed by atoms with Crippen LogP contribution in [0.15, 0.2) is 58.3 Å². The first-order valence-corrected chi connectivity index (χ1v) is 9.56. The molecule has 118 valence electrons. The fourth-order valence-electron chi connectivity index (χ4n) is 1.89. The smallest absolute Gasteiger partial charge is 0.240 e. The number of sulfonamides is 1. The van der Waals surface area contributed by atoms with E-state index in [1.807, 2.05) is 37.4 Å². The molecular formula is C16H19NO3S2. The third-order valence-electron chi connectivity index (χ3n) is 3.12. The number of hydrogen-bond acceptors (Lipinski definition) is 4. The van der Waals surface area contributed by atoms with Crippen LogP contribution >= 0.6 is 11.8 Å². The van der Waals surface area contributed by atoms with Crippen molar-refractivity contribution in [2.24, 2.45) is 0 Å². The van der Waals surface area contributed by atoms with Crippen LogP contribution in [0, 0.1) is 6.92 Å². The second kappa shape index (κ2) is 7.67. The lowest BCUT2D eigenvalue weighted by Crippen LogP contribution is -2.28. The molecule has 0 heterocycles. The number of benzene rings is 2. The first-order chi connectivity index (χ1) is 10.5. The van der Waals surface area contributed by atoms with Crippen molar-refractivity contribution in [1.29, 1.82) is 0 Å². The fourth-order valence-corrected chi connectivity index (χ4v) is 3.31. The van der Waals surface area contributed by atoms with E-state index in [-0.39, 0.29) is 18.0 Å². The maximum Gasteiger partial charge on any atom is 0.240 e. The number of thioether (sulfide) groups is 1. The average molecular weight is 337 g/mol. The van der Waals surface area contributed by atoms with Crippen LogP contribution in [0.4, 0.5) is 0 Å². The molecule has 0 atom stereocenters. The van der Waals surface area contributed by atoms with Crippen molar-refractivity contribution in [3.05, 3.63) is 54.1 Å². The molecule has 0 amide bonds. The Labute approximate surface area is 135 Å². The lowest BCUT2D eigenvalue weighted by Gasteiger charge is -2.10. The van der Waals surface area contributed by atoms with E-state index in [9.17, 15) is 8.42 Å². The Kier molecular flexibility index (Phi) is 5.88. The standard InChI is InChI=1S/C16H19NO3S2/c1-13-5-3-4-6-16(13)20-12-11-17-22(18,19)15-9-7-14(21-2)8-10-15/h3-10,17H,11-12H2,1-2H3. The quantitative estimate of drug-likeness (QED) is 0.623. The van der Waals surface area contributed by atoms with Crippen LogP contribution in [-0.2, 0) is 10.0 Å². The predicted octanol–water partition coefficient (Wildman–Crippen LogP) is 3.07. The number of para-hydroxylation sites is 1. The Morgan fingerprint density at radius 3 is 2.41 bits per heavy atom. The number of rotatable bonds is 7. The van der Waals surface area contributed by atoms with E-state index in [4.69, 9.17) is 4.74 Å². The molecule has 0 bridgehead atoms. The van der Waals surface area contributed by atoms with E-state index >= 15 is 0 Å². The van der Waals surface area contributed by atoms with Crippen LogP contribution in [0.25, 0.3) is 0 Å². The van der Waals surface area contributed by atoms with Crippen LogP contribution in [0.1, 0.15) is 5.56 Å². The van der Waals surface area contributed by atoms with E-state index < -0.39 is 10.0 Å². The van der Waals surface area contributed by atoms with E-state index in [1.165, 1.54) is 0 Å². The van der Waals surface area contributed by atoms with Crippen LogP contribution in [0.5, 0.6) is 5.75 Å². The summed E-state index contributed by atoms with van der Waals surface area (Å²) in [5.74, 6) is 0.769. The summed E-state index contributed by atoms with van der Waals surface area (Å²) in [4.78, 5) is 1.29. The number of aryl methyl sites for hydroxylation is 1. The summed E-state index contributed by atoms with van der Waals surface area (Å²) in [6.07, 6.45) is 1.95. The number of ether oxygens (including phenoxy) is 1. The Morgan fingerprint density at radius 1 is 1.09 bits per heavy atom. The summed E-state index contributed by atoms with van der Waals surface area (Å²) in [6.45, 7) is 2.46. The van der Waals surface area contributed by atoms with Gasteiger partial charge in [-0.3, -0.25) is 0 Å². The topological polar surface area (TPSA) is 55.4 Å². The van der Waals surface area contributed by atoms with Gasteiger partial charge in [-0.25, -0.2) is 13.1 Å². The van der Waals surface area contributed by atoms with Crippen LogP contribution in [0.2, 0.25) is 0 Å². The van der Waals surface area contributed by atoms with Gasteiger partial charge in [0, 0.05) is 11.4 Å². The highest BCUT2D eigenvalue weighted by molar-refractivity contribution is 7.98. The fraction of sp³-hybridized carbons (Fsp3) is 0.250. The average Bonchev–Trinajstić information content (AvgIpc) is 2.53. The second-order valence-corrected chi connectivity index (χ2v) is 7.33. The summed E-state index contributed by atoms with van der Waals surface area (Å²) in [5.41, 5.74) is 1.03. The van der Waals surface area contributed by atoms with Crippen molar-refractivity contribution in [2.75, 3.05) is 19.4 Å². The highest BCUT2D eigenvalue weighted by Gasteiger charge is 2.13. The number of nitrogens with one attached hydrogen (secondary N) is 1. The van der Waals surface area contributed by atoms with E-state index in [0.717, 1.165) is 16.2 Å². The molecule has 0 saturated heterocycles. The molecule has 0 aromatic heterocycles. The van der Waals surface area contributed by atoms with Gasteiger partial charge in [0.2, 0.25) is 10.0 Å². The summed E-state index contributed by atoms with van der Waals surface area (Å²) < 4.78 is 32.4. The van der Waals surface area contributed by atoms with Gasteiger partial charge in [0.25, 0.3) is 0 Å². The summed E-state index contributed by atoms with van der Waals surface area (Å²) in [6, 6.07) is 14.4. The predicted molar refractivity (Wildman–Crippen MR) is 90.1 cm³/mol. The van der Waals surface area contributed by atoms with Crippen molar-refractivity contribution in [2.45, 2.75) is 16.7 Å². The molecule has 0 radical (unpaired) electrons. The van der Waals surface area contributed by atoms with Crippen molar-refractivity contribution >= 4 is 21.8 Å². The van der Waals surface area contributed by atoms with Gasteiger partial charge in [-0.2, -0.15) is 0 Å². The van der Waals surface area contributed by atoms with Crippen molar-refractivity contribution in [3.8, 4) is 5.75 Å². The Balaban J connectivity index is 1.88. The molecular weight excluding hydrogens is 318 g/mol. The van der Waals surface area contributed by atoms with Crippen LogP contribution in [-0.4, -0.2) is 27.8 Å². The lowest BCUT2D eigenvalue weighted by molar-refractivity contribution is 0.320. The summed E-state index contributed by atoms with van der Waals surface area (Å²) in [5, 5.41) is 0. The SMILES string of the molecule is CSc1ccc(S(=O)(=O)NCCOc2ccccc2C)cc1. The molecule has 0 unspecified atom stereocenters. The third kappa shape index (κ3) is 4.50. The normalized spacial score (nSPS) is 11.4. The van der Waals surface area contributed by atoms with Crippen LogP contribution in [0.3, 0.4) is 0 Å². The Bertz CT molecular complexity index is 712. The van der Waals surface area contributed by atoms with Gasteiger partial charge in [-0.15, -0.1) is 11.8 Å². The molecule has 0 fully saturated rings. The molecule has 4 nitrogen and oxygen atoms in total.